The number of benzene rings is 1. The Morgan fingerprint density at radius 3 is 3.15 bits per heavy atom. The first-order valence-corrected chi connectivity index (χ1v) is 6.53. The highest BCUT2D eigenvalue weighted by Gasteiger charge is 2.23. The van der Waals surface area contributed by atoms with Crippen molar-refractivity contribution in [2.45, 2.75) is 25.5 Å². The number of anilines is 1. The summed E-state index contributed by atoms with van der Waals surface area (Å²) in [5.74, 6) is 0.524. The van der Waals surface area contributed by atoms with Crippen LogP contribution in [0.5, 0.6) is 0 Å². The Bertz CT molecular complexity index is 626. The van der Waals surface area contributed by atoms with Gasteiger partial charge in [0.25, 0.3) is 0 Å². The predicted octanol–water partition coefficient (Wildman–Crippen LogP) is 2.40. The molecule has 1 N–H and O–H groups in total. The van der Waals surface area contributed by atoms with Crippen molar-refractivity contribution < 1.29 is 9.15 Å². The minimum atomic E-state index is -0.0695. The molecule has 0 saturated carbocycles. The van der Waals surface area contributed by atoms with Crippen molar-refractivity contribution >= 4 is 6.01 Å². The van der Waals surface area contributed by atoms with Crippen molar-refractivity contribution in [3.8, 4) is 6.07 Å². The van der Waals surface area contributed by atoms with Gasteiger partial charge in [-0.2, -0.15) is 5.26 Å². The van der Waals surface area contributed by atoms with Crippen LogP contribution in [0.1, 0.15) is 36.0 Å². The van der Waals surface area contributed by atoms with E-state index in [9.17, 15) is 0 Å². The van der Waals surface area contributed by atoms with Gasteiger partial charge in [-0.1, -0.05) is 17.2 Å². The van der Waals surface area contributed by atoms with Crippen molar-refractivity contribution in [2.75, 3.05) is 11.9 Å². The van der Waals surface area contributed by atoms with E-state index in [0.29, 0.717) is 24.0 Å². The molecule has 6 nitrogen and oxygen atoms in total. The highest BCUT2D eigenvalue weighted by molar-refractivity contribution is 5.34. The Hall–Kier alpha value is -2.39. The van der Waals surface area contributed by atoms with E-state index in [-0.39, 0.29) is 6.10 Å². The number of hydrogen-bond acceptors (Lipinski definition) is 6. The summed E-state index contributed by atoms with van der Waals surface area (Å²) in [6.45, 7) is 1.28. The number of aromatic nitrogens is 2. The zero-order chi connectivity index (χ0) is 13.8. The first-order valence-electron chi connectivity index (χ1n) is 6.53. The van der Waals surface area contributed by atoms with Gasteiger partial charge in [-0.3, -0.25) is 0 Å². The second-order valence-corrected chi connectivity index (χ2v) is 4.61. The van der Waals surface area contributed by atoms with Crippen molar-refractivity contribution in [3.63, 3.8) is 0 Å². The van der Waals surface area contributed by atoms with Crippen LogP contribution < -0.4 is 5.32 Å². The molecule has 102 valence electrons. The van der Waals surface area contributed by atoms with Gasteiger partial charge in [0.2, 0.25) is 5.89 Å². The summed E-state index contributed by atoms with van der Waals surface area (Å²) in [6.07, 6.45) is 1.88. The number of ether oxygens (including phenoxy) is 1. The summed E-state index contributed by atoms with van der Waals surface area (Å²) < 4.78 is 11.0. The third kappa shape index (κ3) is 2.78. The van der Waals surface area contributed by atoms with Crippen LogP contribution in [-0.2, 0) is 11.3 Å². The summed E-state index contributed by atoms with van der Waals surface area (Å²) in [4.78, 5) is 0. The molecule has 1 unspecified atom stereocenters. The highest BCUT2D eigenvalue weighted by atomic mass is 16.5. The molecule has 0 radical (unpaired) electrons. The van der Waals surface area contributed by atoms with E-state index in [1.165, 1.54) is 0 Å². The van der Waals surface area contributed by atoms with E-state index in [0.717, 1.165) is 25.0 Å². The molecule has 1 saturated heterocycles. The van der Waals surface area contributed by atoms with E-state index in [1.807, 2.05) is 18.2 Å². The molecule has 20 heavy (non-hydrogen) atoms. The number of rotatable bonds is 4. The zero-order valence-electron chi connectivity index (χ0n) is 10.9. The van der Waals surface area contributed by atoms with Crippen LogP contribution in [0.2, 0.25) is 0 Å². The molecule has 1 atom stereocenters. The number of nitrogens with one attached hydrogen (secondary N) is 1. The van der Waals surface area contributed by atoms with Crippen LogP contribution in [0.15, 0.2) is 28.7 Å². The van der Waals surface area contributed by atoms with Crippen molar-refractivity contribution in [1.82, 2.24) is 10.2 Å². The van der Waals surface area contributed by atoms with Crippen LogP contribution in [0.25, 0.3) is 0 Å². The fraction of sp³-hybridized carbons (Fsp3) is 0.357. The maximum absolute atomic E-state index is 8.85. The lowest BCUT2D eigenvalue weighted by Gasteiger charge is -2.03. The van der Waals surface area contributed by atoms with Crippen LogP contribution in [0.4, 0.5) is 6.01 Å². The largest absolute Gasteiger partial charge is 0.405 e. The topological polar surface area (TPSA) is 84.0 Å². The third-order valence-corrected chi connectivity index (χ3v) is 3.15. The van der Waals surface area contributed by atoms with Crippen LogP contribution in [-0.4, -0.2) is 16.8 Å². The molecular formula is C14H14N4O2. The van der Waals surface area contributed by atoms with Gasteiger partial charge >= 0.3 is 6.01 Å². The molecule has 1 aliphatic heterocycles. The van der Waals surface area contributed by atoms with E-state index >= 15 is 0 Å². The Labute approximate surface area is 116 Å². The minimum Gasteiger partial charge on any atom is -0.405 e. The average Bonchev–Trinajstić information content (AvgIpc) is 3.16. The fourth-order valence-corrected chi connectivity index (χ4v) is 2.14. The predicted molar refractivity (Wildman–Crippen MR) is 70.7 cm³/mol. The molecule has 1 fully saturated rings. The van der Waals surface area contributed by atoms with Crippen molar-refractivity contribution in [3.05, 3.63) is 41.3 Å². The van der Waals surface area contributed by atoms with E-state index < -0.39 is 0 Å². The normalized spacial score (nSPS) is 17.9. The molecule has 0 amide bonds. The Morgan fingerprint density at radius 2 is 2.35 bits per heavy atom. The van der Waals surface area contributed by atoms with E-state index in [1.54, 1.807) is 6.07 Å². The smallest absolute Gasteiger partial charge is 0.315 e. The lowest BCUT2D eigenvalue weighted by molar-refractivity contribution is 0.0897. The molecule has 1 aromatic heterocycles. The lowest BCUT2D eigenvalue weighted by atomic mass is 10.1. The van der Waals surface area contributed by atoms with Gasteiger partial charge in [0, 0.05) is 13.2 Å². The van der Waals surface area contributed by atoms with Crippen molar-refractivity contribution in [1.29, 1.82) is 5.26 Å². The molecule has 1 aliphatic rings. The van der Waals surface area contributed by atoms with Gasteiger partial charge in [0.1, 0.15) is 6.10 Å². The standard InChI is InChI=1S/C14H14N4O2/c15-8-10-3-1-4-11(7-10)9-16-14-18-17-13(20-14)12-5-2-6-19-12/h1,3-4,7,12H,2,5-6,9H2,(H,16,18). The minimum absolute atomic E-state index is 0.0695. The maximum Gasteiger partial charge on any atom is 0.315 e. The third-order valence-electron chi connectivity index (χ3n) is 3.15. The number of hydrogen-bond donors (Lipinski definition) is 1. The second-order valence-electron chi connectivity index (χ2n) is 4.61. The van der Waals surface area contributed by atoms with Gasteiger partial charge in [-0.15, -0.1) is 5.10 Å². The number of nitriles is 1. The summed E-state index contributed by atoms with van der Waals surface area (Å²) in [5.41, 5.74) is 1.62. The molecule has 0 spiro atoms. The van der Waals surface area contributed by atoms with Gasteiger partial charge in [0.05, 0.1) is 11.6 Å². The molecular weight excluding hydrogens is 256 g/mol. The Balaban J connectivity index is 1.62. The summed E-state index contributed by atoms with van der Waals surface area (Å²) >= 11 is 0. The summed E-state index contributed by atoms with van der Waals surface area (Å²) in [5, 5.41) is 19.8. The molecule has 0 bridgehead atoms. The Morgan fingerprint density at radius 1 is 1.40 bits per heavy atom. The van der Waals surface area contributed by atoms with Crippen LogP contribution in [0.3, 0.4) is 0 Å². The SMILES string of the molecule is N#Cc1cccc(CNc2nnc(C3CCCO3)o2)c1. The van der Waals surface area contributed by atoms with E-state index in [4.69, 9.17) is 14.4 Å². The highest BCUT2D eigenvalue weighted by Crippen LogP contribution is 2.28. The van der Waals surface area contributed by atoms with Crippen LogP contribution >= 0.6 is 0 Å². The molecule has 3 rings (SSSR count). The van der Waals surface area contributed by atoms with Gasteiger partial charge < -0.3 is 14.5 Å². The maximum atomic E-state index is 8.85. The van der Waals surface area contributed by atoms with Gasteiger partial charge in [0.15, 0.2) is 0 Å². The first kappa shape index (κ1) is 12.6. The Kier molecular flexibility index (Phi) is 3.61. The average molecular weight is 270 g/mol. The zero-order valence-corrected chi connectivity index (χ0v) is 10.9. The summed E-state index contributed by atoms with van der Waals surface area (Å²) in [6, 6.07) is 9.86. The first-order chi connectivity index (χ1) is 9.85. The molecule has 2 heterocycles. The van der Waals surface area contributed by atoms with Crippen molar-refractivity contribution in [2.24, 2.45) is 0 Å². The fourth-order valence-electron chi connectivity index (χ4n) is 2.14. The lowest BCUT2D eigenvalue weighted by Crippen LogP contribution is -1.99. The monoisotopic (exact) mass is 270 g/mol. The molecule has 2 aromatic rings. The molecule has 0 aliphatic carbocycles. The van der Waals surface area contributed by atoms with Crippen LogP contribution in [0, 0.1) is 11.3 Å². The molecule has 1 aromatic carbocycles. The van der Waals surface area contributed by atoms with Gasteiger partial charge in [-0.25, -0.2) is 0 Å². The molecule has 6 heteroatoms. The summed E-state index contributed by atoms with van der Waals surface area (Å²) in [7, 11) is 0. The quantitative estimate of drug-likeness (QED) is 0.918. The second kappa shape index (κ2) is 5.72. The number of nitrogens with zero attached hydrogens (tertiary/aromatic N) is 3. The van der Waals surface area contributed by atoms with Gasteiger partial charge in [-0.05, 0) is 30.5 Å². The van der Waals surface area contributed by atoms with E-state index in [2.05, 4.69) is 21.6 Å².